The van der Waals surface area contributed by atoms with Crippen LogP contribution < -0.4 is 11.0 Å². The van der Waals surface area contributed by atoms with E-state index in [1.54, 1.807) is 23.9 Å². The summed E-state index contributed by atoms with van der Waals surface area (Å²) < 4.78 is 0. The van der Waals surface area contributed by atoms with Crippen LogP contribution in [0.1, 0.15) is 5.82 Å². The number of hydrogen-bond acceptors (Lipinski definition) is 6. The molecular weight excluding hydrogens is 286 g/mol. The van der Waals surface area contributed by atoms with Gasteiger partial charge in [-0.15, -0.1) is 18.3 Å². The number of rotatable bonds is 4. The van der Waals surface area contributed by atoms with Gasteiger partial charge in [-0.3, -0.25) is 10.2 Å². The van der Waals surface area contributed by atoms with Crippen molar-refractivity contribution in [1.29, 1.82) is 0 Å². The van der Waals surface area contributed by atoms with Gasteiger partial charge < -0.3 is 9.88 Å². The molecular formula is C14H15N5OS. The van der Waals surface area contributed by atoms with E-state index in [0.717, 1.165) is 0 Å². The zero-order valence-electron chi connectivity index (χ0n) is 11.5. The molecule has 2 heterocycles. The molecule has 3 rings (SSSR count). The molecule has 0 aliphatic carbocycles. The predicted octanol–water partition coefficient (Wildman–Crippen LogP) is 1.32. The highest BCUT2D eigenvalue weighted by molar-refractivity contribution is 7.99. The highest BCUT2D eigenvalue weighted by Crippen LogP contribution is 2.18. The zero-order valence-corrected chi connectivity index (χ0v) is 12.4. The summed E-state index contributed by atoms with van der Waals surface area (Å²) in [7, 11) is 0. The van der Waals surface area contributed by atoms with Crippen molar-refractivity contribution in [3.8, 4) is 0 Å². The van der Waals surface area contributed by atoms with Crippen molar-refractivity contribution in [1.82, 2.24) is 20.3 Å². The Morgan fingerprint density at radius 3 is 3.05 bits per heavy atom. The smallest absolute Gasteiger partial charge is 0.259 e. The van der Waals surface area contributed by atoms with Gasteiger partial charge in [-0.05, 0) is 18.4 Å². The van der Waals surface area contributed by atoms with Crippen LogP contribution in [0.3, 0.4) is 0 Å². The molecule has 1 atom stereocenters. The third kappa shape index (κ3) is 2.40. The zero-order chi connectivity index (χ0) is 14.8. The lowest BCUT2D eigenvalue weighted by Crippen LogP contribution is -2.39. The minimum absolute atomic E-state index is 0.00905. The summed E-state index contributed by atoms with van der Waals surface area (Å²) in [5.74, 6) is 1.08. The van der Waals surface area contributed by atoms with Gasteiger partial charge in [-0.2, -0.15) is 5.10 Å². The van der Waals surface area contributed by atoms with E-state index in [-0.39, 0.29) is 11.1 Å². The second-order valence-corrected chi connectivity index (χ2v) is 5.44. The number of aromatic amines is 1. The molecule has 7 heteroatoms. The van der Waals surface area contributed by atoms with E-state index in [1.807, 2.05) is 29.4 Å². The first kappa shape index (κ1) is 13.7. The van der Waals surface area contributed by atoms with Gasteiger partial charge in [-0.1, -0.05) is 18.2 Å². The molecule has 0 spiro atoms. The van der Waals surface area contributed by atoms with Crippen molar-refractivity contribution in [2.45, 2.75) is 5.50 Å². The molecule has 0 saturated heterocycles. The van der Waals surface area contributed by atoms with Gasteiger partial charge in [0.1, 0.15) is 0 Å². The third-order valence-electron chi connectivity index (χ3n) is 3.21. The number of fused-ring (bicyclic) bond motifs is 1. The lowest BCUT2D eigenvalue weighted by Gasteiger charge is -2.23. The van der Waals surface area contributed by atoms with Crippen molar-refractivity contribution >= 4 is 28.5 Å². The van der Waals surface area contributed by atoms with E-state index in [2.05, 4.69) is 27.1 Å². The van der Waals surface area contributed by atoms with Crippen molar-refractivity contribution in [3.05, 3.63) is 53.1 Å². The SMILES string of the molecule is C=CCN1C(c2nc3ccccc3c(=O)[nH]2)=NNC1SC. The van der Waals surface area contributed by atoms with E-state index in [4.69, 9.17) is 0 Å². The number of hydrogen-bond donors (Lipinski definition) is 2. The largest absolute Gasteiger partial charge is 0.318 e. The first-order valence-electron chi connectivity index (χ1n) is 6.47. The molecule has 21 heavy (non-hydrogen) atoms. The number of hydrazone groups is 1. The molecule has 6 nitrogen and oxygen atoms in total. The maximum absolute atomic E-state index is 12.2. The fraction of sp³-hybridized carbons (Fsp3) is 0.214. The Bertz CT molecular complexity index is 769. The average Bonchev–Trinajstić information content (AvgIpc) is 2.90. The molecule has 0 fully saturated rings. The summed E-state index contributed by atoms with van der Waals surface area (Å²) in [5, 5.41) is 4.87. The fourth-order valence-electron chi connectivity index (χ4n) is 2.24. The van der Waals surface area contributed by atoms with E-state index in [9.17, 15) is 4.79 Å². The van der Waals surface area contributed by atoms with Crippen LogP contribution in [-0.4, -0.2) is 39.0 Å². The fourth-order valence-corrected chi connectivity index (χ4v) is 2.84. The number of para-hydroxylation sites is 1. The van der Waals surface area contributed by atoms with Gasteiger partial charge in [0, 0.05) is 6.54 Å². The monoisotopic (exact) mass is 301 g/mol. The van der Waals surface area contributed by atoms with Gasteiger partial charge in [0.2, 0.25) is 0 Å². The van der Waals surface area contributed by atoms with Crippen molar-refractivity contribution < 1.29 is 0 Å². The summed E-state index contributed by atoms with van der Waals surface area (Å²) in [6.07, 6.45) is 3.79. The maximum atomic E-state index is 12.2. The third-order valence-corrected chi connectivity index (χ3v) is 4.02. The normalized spacial score (nSPS) is 17.7. The van der Waals surface area contributed by atoms with Gasteiger partial charge in [0.05, 0.1) is 10.9 Å². The summed E-state index contributed by atoms with van der Waals surface area (Å²) in [4.78, 5) is 21.5. The van der Waals surface area contributed by atoms with Gasteiger partial charge in [0.25, 0.3) is 5.56 Å². The van der Waals surface area contributed by atoms with E-state index in [1.165, 1.54) is 0 Å². The van der Waals surface area contributed by atoms with Crippen LogP contribution in [0, 0.1) is 0 Å². The minimum atomic E-state index is -0.163. The Morgan fingerprint density at radius 1 is 1.48 bits per heavy atom. The van der Waals surface area contributed by atoms with E-state index >= 15 is 0 Å². The number of aromatic nitrogens is 2. The van der Waals surface area contributed by atoms with Crippen LogP contribution in [-0.2, 0) is 0 Å². The Kier molecular flexibility index (Phi) is 3.66. The number of thioether (sulfide) groups is 1. The maximum Gasteiger partial charge on any atom is 0.259 e. The van der Waals surface area contributed by atoms with Crippen molar-refractivity contribution in [3.63, 3.8) is 0 Å². The first-order valence-corrected chi connectivity index (χ1v) is 7.76. The molecule has 1 aliphatic heterocycles. The van der Waals surface area contributed by atoms with E-state index in [0.29, 0.717) is 29.1 Å². The molecule has 0 bridgehead atoms. The number of nitrogens with zero attached hydrogens (tertiary/aromatic N) is 3. The molecule has 1 aromatic carbocycles. The average molecular weight is 301 g/mol. The Hall–Kier alpha value is -2.28. The highest BCUT2D eigenvalue weighted by atomic mass is 32.2. The number of amidine groups is 1. The summed E-state index contributed by atoms with van der Waals surface area (Å²) >= 11 is 1.62. The second-order valence-electron chi connectivity index (χ2n) is 4.53. The van der Waals surface area contributed by atoms with Gasteiger partial charge in [0.15, 0.2) is 17.2 Å². The summed E-state index contributed by atoms with van der Waals surface area (Å²) in [6.45, 7) is 4.38. The van der Waals surface area contributed by atoms with Crippen molar-refractivity contribution in [2.75, 3.05) is 12.8 Å². The Morgan fingerprint density at radius 2 is 2.29 bits per heavy atom. The highest BCUT2D eigenvalue weighted by Gasteiger charge is 2.28. The van der Waals surface area contributed by atoms with Crippen LogP contribution in [0.15, 0.2) is 46.8 Å². The Labute approximate surface area is 126 Å². The van der Waals surface area contributed by atoms with Crippen LogP contribution in [0.5, 0.6) is 0 Å². The second kappa shape index (κ2) is 5.61. The van der Waals surface area contributed by atoms with Crippen molar-refractivity contribution in [2.24, 2.45) is 5.10 Å². The molecule has 108 valence electrons. The summed E-state index contributed by atoms with van der Waals surface area (Å²) in [5.41, 5.74) is 3.53. The predicted molar refractivity (Wildman–Crippen MR) is 86.2 cm³/mol. The van der Waals surface area contributed by atoms with Gasteiger partial charge in [-0.25, -0.2) is 4.98 Å². The first-order chi connectivity index (χ1) is 10.2. The molecule has 0 radical (unpaired) electrons. The number of H-pyrrole nitrogens is 1. The minimum Gasteiger partial charge on any atom is -0.318 e. The number of nitrogens with one attached hydrogen (secondary N) is 2. The molecule has 1 aliphatic rings. The molecule has 0 amide bonds. The standard InChI is InChI=1S/C14H15N5OS/c1-3-8-19-12(17-18-14(19)21-2)11-15-10-7-5-4-6-9(10)13(20)16-11/h3-7,14,18H,1,8H2,2H3,(H,15,16,20). The lowest BCUT2D eigenvalue weighted by atomic mass is 10.2. The molecule has 2 N–H and O–H groups in total. The topological polar surface area (TPSA) is 73.4 Å². The lowest BCUT2D eigenvalue weighted by molar-refractivity contribution is 0.428. The molecule has 1 unspecified atom stereocenters. The molecule has 1 aromatic heterocycles. The van der Waals surface area contributed by atoms with Crippen LogP contribution in [0.4, 0.5) is 0 Å². The van der Waals surface area contributed by atoms with Gasteiger partial charge >= 0.3 is 0 Å². The molecule has 2 aromatic rings. The van der Waals surface area contributed by atoms with Crippen LogP contribution in [0.25, 0.3) is 10.9 Å². The number of benzene rings is 1. The molecule has 0 saturated carbocycles. The summed E-state index contributed by atoms with van der Waals surface area (Å²) in [6, 6.07) is 7.26. The Balaban J connectivity index is 2.07. The van der Waals surface area contributed by atoms with E-state index < -0.39 is 0 Å². The van der Waals surface area contributed by atoms with Crippen LogP contribution in [0.2, 0.25) is 0 Å². The quantitative estimate of drug-likeness (QED) is 0.833. The van der Waals surface area contributed by atoms with Crippen LogP contribution >= 0.6 is 11.8 Å².